The van der Waals surface area contributed by atoms with Gasteiger partial charge >= 0.3 is 16.2 Å². The van der Waals surface area contributed by atoms with Crippen molar-refractivity contribution < 1.29 is 45.9 Å². The molecule has 13 rings (SSSR count). The van der Waals surface area contributed by atoms with E-state index < -0.39 is 26.4 Å². The normalized spacial score (nSPS) is 11.7. The molecule has 9 heterocycles. The Balaban J connectivity index is 0.000000171. The topological polar surface area (TPSA) is 309 Å². The minimum Gasteiger partial charge on any atom is -0.477 e. The number of aldehydes is 1. The summed E-state index contributed by atoms with van der Waals surface area (Å²) in [6.45, 7) is 2.00. The second kappa shape index (κ2) is 41.5. The quantitative estimate of drug-likeness (QED) is 0.0407. The third-order valence-electron chi connectivity index (χ3n) is 14.9. The van der Waals surface area contributed by atoms with Crippen LogP contribution in [-0.2, 0) is 55.7 Å². The Morgan fingerprint density at radius 1 is 0.486 bits per heavy atom. The second-order valence-electron chi connectivity index (χ2n) is 23.0. The highest BCUT2D eigenvalue weighted by atomic mass is 35.5. The Morgan fingerprint density at radius 3 is 1.08 bits per heavy atom. The number of benzene rings is 4. The molecule has 4 aromatic carbocycles. The molecule has 107 heavy (non-hydrogen) atoms. The molecular weight excluding hydrogens is 1570 g/mol. The molecule has 0 bridgehead atoms. The molecule has 1 aliphatic rings. The SMILES string of the molecule is C1CCOC1.CN(C)S(=O)(=O)N=Cc1sc(-c2ccncc2)nc1Cc1ccc(Cl)cc1.CN(C)S(N)(=O)=O.CON(C)C(=O)c1sc(-c2ccncc2)nc1Cc1ccc(Cl)cc1.O=C(O)c1sc(-c2ccncc2)nc1Cc1ccc(Cl)cc1.O=Cc1sc(-c2ccncc2)nc1Cc1ccc(Cl)cc1. The molecule has 1 amide bonds. The number of halogens is 4. The number of hydroxylamine groups is 2. The second-order valence-corrected chi connectivity index (χ2v) is 32.4. The van der Waals surface area contributed by atoms with Crippen LogP contribution in [0.3, 0.4) is 0 Å². The van der Waals surface area contributed by atoms with Crippen molar-refractivity contribution in [3.8, 4) is 42.3 Å². The number of ether oxygens (including phenoxy) is 1. The summed E-state index contributed by atoms with van der Waals surface area (Å²) in [5.41, 5.74) is 10.6. The summed E-state index contributed by atoms with van der Waals surface area (Å²) in [7, 11) is 1.57. The third kappa shape index (κ3) is 26.5. The van der Waals surface area contributed by atoms with Gasteiger partial charge in [0.15, 0.2) is 6.29 Å². The van der Waals surface area contributed by atoms with E-state index in [2.05, 4.69) is 39.4 Å². The lowest BCUT2D eigenvalue weighted by atomic mass is 10.1. The smallest absolute Gasteiger partial charge is 0.347 e. The van der Waals surface area contributed by atoms with Crippen LogP contribution in [0.15, 0.2) is 200 Å². The minimum absolute atomic E-state index is 0.218. The molecule has 0 radical (unpaired) electrons. The number of hydrogen-bond donors (Lipinski definition) is 2. The maximum absolute atomic E-state index is 12.6. The highest BCUT2D eigenvalue weighted by Crippen LogP contribution is 2.34. The van der Waals surface area contributed by atoms with Gasteiger partial charge in [0.25, 0.3) is 16.1 Å². The maximum Gasteiger partial charge on any atom is 0.347 e. The number of carboxylic acid groups (broad SMARTS) is 1. The molecule has 1 aliphatic heterocycles. The molecule has 556 valence electrons. The fourth-order valence-electron chi connectivity index (χ4n) is 9.05. The van der Waals surface area contributed by atoms with E-state index in [4.69, 9.17) is 65.9 Å². The van der Waals surface area contributed by atoms with E-state index >= 15 is 0 Å². The van der Waals surface area contributed by atoms with E-state index in [0.29, 0.717) is 76.8 Å². The van der Waals surface area contributed by atoms with Gasteiger partial charge in [0, 0.05) is 166 Å². The van der Waals surface area contributed by atoms with E-state index in [-0.39, 0.29) is 10.8 Å². The molecule has 33 heteroatoms. The van der Waals surface area contributed by atoms with Crippen molar-refractivity contribution in [2.45, 2.75) is 38.5 Å². The van der Waals surface area contributed by atoms with E-state index in [9.17, 15) is 36.3 Å². The van der Waals surface area contributed by atoms with E-state index in [1.54, 1.807) is 68.8 Å². The summed E-state index contributed by atoms with van der Waals surface area (Å²) >= 11 is 29.0. The largest absolute Gasteiger partial charge is 0.477 e. The van der Waals surface area contributed by atoms with Crippen molar-refractivity contribution in [3.63, 3.8) is 0 Å². The standard InChI is InChI=1S/C18H17ClN4O2S2.C18H16ClN3O2S.C16H11ClN2O2S.C16H11ClN2OS.C4H8O.C2H8N2O2S/c1-23(2)27(24,25)21-12-17-16(11-13-3-5-15(19)6-4-13)22-18(26-17)14-7-9-20-10-8-14;1-22(24-2)18(23)16-15(11-12-3-5-14(19)6-4-12)21-17(25-16)13-7-9-20-10-8-13;17-12-3-1-10(2-4-12)9-13-14(16(20)21)22-15(19-13)11-5-7-18-8-6-11;17-13-3-1-11(2-4-13)9-14-15(10-20)21-16(19-14)12-5-7-18-8-6-12;1-2-4-5-3-1;1-4(2)7(3,5)6/h3-10,12H,11H2,1-2H3;3-10H,11H2,1-2H3;1-8H,9H2,(H,20,21);1-8,10H,9H2;1-4H2;1-2H3,(H2,3,5,6). The molecule has 0 spiro atoms. The Hall–Kier alpha value is -8.86. The number of hydrogen-bond acceptors (Lipinski definition) is 21. The van der Waals surface area contributed by atoms with Crippen molar-refractivity contribution in [2.75, 3.05) is 55.6 Å². The molecular formula is C74H71Cl4N13O10S6. The summed E-state index contributed by atoms with van der Waals surface area (Å²) in [6, 6.07) is 44.8. The Bertz CT molecular complexity index is 5080. The Morgan fingerprint density at radius 2 is 0.785 bits per heavy atom. The molecule has 23 nitrogen and oxygen atoms in total. The number of pyridine rings is 4. The van der Waals surface area contributed by atoms with Crippen LogP contribution in [0, 0.1) is 0 Å². The lowest BCUT2D eigenvalue weighted by Crippen LogP contribution is -2.29. The van der Waals surface area contributed by atoms with Gasteiger partial charge < -0.3 is 9.84 Å². The van der Waals surface area contributed by atoms with Crippen molar-refractivity contribution >= 4 is 137 Å². The first kappa shape index (κ1) is 83.8. The highest BCUT2D eigenvalue weighted by Gasteiger charge is 2.24. The number of nitrogens with two attached hydrogens (primary N) is 1. The van der Waals surface area contributed by atoms with Crippen molar-refractivity contribution in [1.82, 2.24) is 53.5 Å². The molecule has 8 aromatic heterocycles. The first-order valence-electron chi connectivity index (χ1n) is 32.1. The first-order chi connectivity index (χ1) is 51.3. The van der Waals surface area contributed by atoms with Crippen LogP contribution in [-0.4, -0.2) is 155 Å². The van der Waals surface area contributed by atoms with Crippen molar-refractivity contribution in [2.24, 2.45) is 9.54 Å². The molecule has 0 unspecified atom stereocenters. The van der Waals surface area contributed by atoms with Gasteiger partial charge in [-0.3, -0.25) is 34.4 Å². The number of carboxylic acids is 1. The van der Waals surface area contributed by atoms with Gasteiger partial charge in [-0.2, -0.15) is 29.8 Å². The van der Waals surface area contributed by atoms with E-state index in [0.717, 1.165) is 99.0 Å². The molecule has 1 saturated heterocycles. The van der Waals surface area contributed by atoms with Crippen LogP contribution in [0.5, 0.6) is 0 Å². The van der Waals surface area contributed by atoms with Crippen molar-refractivity contribution in [3.05, 3.63) is 280 Å². The fourth-order valence-corrected chi connectivity index (χ4v) is 13.9. The monoisotopic (exact) mass is 1630 g/mol. The van der Waals surface area contributed by atoms with Gasteiger partial charge in [-0.25, -0.2) is 34.9 Å². The zero-order chi connectivity index (χ0) is 77.0. The number of carbonyl (C=O) groups is 3. The molecule has 12 aromatic rings. The average molecular weight is 1640 g/mol. The van der Waals surface area contributed by atoms with Crippen LogP contribution in [0.2, 0.25) is 20.1 Å². The fraction of sp³-hybridized carbons (Fsp3) is 0.189. The summed E-state index contributed by atoms with van der Waals surface area (Å²) in [5.74, 6) is -1.17. The lowest BCUT2D eigenvalue weighted by Gasteiger charge is -2.13. The minimum atomic E-state index is -3.69. The molecule has 0 saturated carbocycles. The van der Waals surface area contributed by atoms with E-state index in [1.165, 1.54) is 105 Å². The Kier molecular flexibility index (Phi) is 32.5. The number of thiazole rings is 4. The van der Waals surface area contributed by atoms with Gasteiger partial charge in [0.2, 0.25) is 0 Å². The summed E-state index contributed by atoms with van der Waals surface area (Å²) < 4.78 is 54.7. The van der Waals surface area contributed by atoms with Gasteiger partial charge in [-0.15, -0.1) is 45.3 Å². The van der Waals surface area contributed by atoms with Crippen LogP contribution >= 0.6 is 91.8 Å². The maximum atomic E-state index is 12.6. The van der Waals surface area contributed by atoms with Crippen LogP contribution < -0.4 is 5.14 Å². The third-order valence-corrected chi connectivity index (χ3v) is 22.6. The van der Waals surface area contributed by atoms with Crippen LogP contribution in [0.4, 0.5) is 0 Å². The predicted octanol–water partition coefficient (Wildman–Crippen LogP) is 15.7. The van der Waals surface area contributed by atoms with Crippen LogP contribution in [0.25, 0.3) is 42.3 Å². The summed E-state index contributed by atoms with van der Waals surface area (Å²) in [6.07, 6.45) is 20.5. The predicted molar refractivity (Wildman–Crippen MR) is 427 cm³/mol. The zero-order valence-electron chi connectivity index (χ0n) is 58.3. The molecule has 0 atom stereocenters. The number of aromatic nitrogens is 8. The van der Waals surface area contributed by atoms with Gasteiger partial charge in [0.05, 0.1) is 45.9 Å². The van der Waals surface area contributed by atoms with Crippen molar-refractivity contribution in [1.29, 1.82) is 0 Å². The number of rotatable bonds is 20. The molecule has 0 aliphatic carbocycles. The van der Waals surface area contributed by atoms with E-state index in [1.807, 2.05) is 133 Å². The zero-order valence-corrected chi connectivity index (χ0v) is 66.2. The lowest BCUT2D eigenvalue weighted by molar-refractivity contribution is -0.0754. The van der Waals surface area contributed by atoms with Gasteiger partial charge in [-0.05, 0) is 132 Å². The number of aromatic carboxylic acids is 1. The average Bonchev–Trinajstić information content (AvgIpc) is 1.68. The molecule has 1 fully saturated rings. The Labute approximate surface area is 656 Å². The highest BCUT2D eigenvalue weighted by molar-refractivity contribution is 7.87. The molecule has 3 N–H and O–H groups in total. The number of carbonyl (C=O) groups excluding carboxylic acids is 2. The summed E-state index contributed by atoms with van der Waals surface area (Å²) in [4.78, 5) is 77.0. The van der Waals surface area contributed by atoms with Gasteiger partial charge in [0.1, 0.15) is 29.8 Å². The number of amides is 1. The number of nitrogens with zero attached hydrogens (tertiary/aromatic N) is 12. The van der Waals surface area contributed by atoms with Gasteiger partial charge in [-0.1, -0.05) is 94.9 Å². The van der Waals surface area contributed by atoms with Crippen LogP contribution in [0.1, 0.15) is 91.8 Å². The summed E-state index contributed by atoms with van der Waals surface area (Å²) in [5, 5.41) is 20.9. The first-order valence-corrected chi connectivity index (χ1v) is 39.8.